The van der Waals surface area contributed by atoms with Crippen LogP contribution < -0.4 is 5.32 Å². The molecule has 1 heterocycles. The lowest BCUT2D eigenvalue weighted by molar-refractivity contribution is -0.157. The van der Waals surface area contributed by atoms with Crippen molar-refractivity contribution in [2.75, 3.05) is 82.6 Å². The molecule has 0 radical (unpaired) electrons. The zero-order valence-electron chi connectivity index (χ0n) is 29.1. The molecule has 1 saturated heterocycles. The summed E-state index contributed by atoms with van der Waals surface area (Å²) in [7, 11) is 0. The number of aliphatic carboxylic acids is 3. The fourth-order valence-electron chi connectivity index (χ4n) is 5.67. The zero-order valence-corrected chi connectivity index (χ0v) is 30.7. The molecule has 0 spiro atoms. The molecule has 0 aliphatic carbocycles. The Morgan fingerprint density at radius 1 is 0.755 bits per heavy atom. The third kappa shape index (κ3) is 19.0. The molecule has 2 rings (SSSR count). The van der Waals surface area contributed by atoms with E-state index in [9.17, 15) is 39.3 Å². The van der Waals surface area contributed by atoms with Gasteiger partial charge in [-0.1, -0.05) is 40.9 Å². The molecule has 15 heteroatoms. The third-order valence-corrected chi connectivity index (χ3v) is 8.54. The number of alkyl halides is 1. The predicted molar refractivity (Wildman–Crippen MR) is 189 cm³/mol. The SMILES string of the molecule is CC(C)(C)OC(=O)CN1CCN(CC(=O)O)CCN(CC(=O)O)CCN(CC(=O)O)CC1Cc1ccc(NC(=O)CCCCCCBr)cc1. The Morgan fingerprint density at radius 2 is 1.27 bits per heavy atom. The number of carboxylic acids is 3. The molecule has 1 unspecified atom stereocenters. The molecular formula is C34H54BrN5O9. The Hall–Kier alpha value is -3.11. The molecule has 276 valence electrons. The van der Waals surface area contributed by atoms with E-state index >= 15 is 0 Å². The van der Waals surface area contributed by atoms with Crippen LogP contribution in [0, 0.1) is 0 Å². The highest BCUT2D eigenvalue weighted by Crippen LogP contribution is 2.18. The van der Waals surface area contributed by atoms with Crippen molar-refractivity contribution < 1.29 is 44.0 Å². The van der Waals surface area contributed by atoms with E-state index < -0.39 is 35.5 Å². The van der Waals surface area contributed by atoms with Gasteiger partial charge in [-0.3, -0.25) is 43.6 Å². The first-order chi connectivity index (χ1) is 23.1. The van der Waals surface area contributed by atoms with Gasteiger partial charge in [0.2, 0.25) is 5.91 Å². The summed E-state index contributed by atoms with van der Waals surface area (Å²) in [5.41, 5.74) is 0.823. The van der Waals surface area contributed by atoms with Gasteiger partial charge < -0.3 is 25.4 Å². The van der Waals surface area contributed by atoms with Gasteiger partial charge in [-0.25, -0.2) is 0 Å². The number of unbranched alkanes of at least 4 members (excludes halogenated alkanes) is 3. The van der Waals surface area contributed by atoms with E-state index in [1.54, 1.807) is 35.5 Å². The molecule has 0 saturated carbocycles. The van der Waals surface area contributed by atoms with Crippen LogP contribution in [0.3, 0.4) is 0 Å². The largest absolute Gasteiger partial charge is 0.480 e. The summed E-state index contributed by atoms with van der Waals surface area (Å²) < 4.78 is 5.64. The molecule has 4 N–H and O–H groups in total. The number of halogens is 1. The second-order valence-electron chi connectivity index (χ2n) is 13.5. The van der Waals surface area contributed by atoms with Gasteiger partial charge in [0.15, 0.2) is 0 Å². The minimum absolute atomic E-state index is 0.0541. The first-order valence-electron chi connectivity index (χ1n) is 16.9. The van der Waals surface area contributed by atoms with Crippen LogP contribution >= 0.6 is 15.9 Å². The number of carboxylic acid groups (broad SMARTS) is 3. The number of nitrogens with one attached hydrogen (secondary N) is 1. The lowest BCUT2D eigenvalue weighted by Crippen LogP contribution is -2.53. The van der Waals surface area contributed by atoms with Gasteiger partial charge in [0, 0.05) is 69.3 Å². The van der Waals surface area contributed by atoms with Crippen molar-refractivity contribution in [3.8, 4) is 0 Å². The average Bonchev–Trinajstić information content (AvgIpc) is 2.98. The lowest BCUT2D eigenvalue weighted by atomic mass is 10.0. The number of rotatable bonds is 17. The molecule has 1 amide bonds. The number of anilines is 1. The van der Waals surface area contributed by atoms with Crippen molar-refractivity contribution in [2.24, 2.45) is 0 Å². The zero-order chi connectivity index (χ0) is 36.4. The highest BCUT2D eigenvalue weighted by Gasteiger charge is 2.29. The maximum absolute atomic E-state index is 13.2. The van der Waals surface area contributed by atoms with Crippen molar-refractivity contribution in [1.29, 1.82) is 0 Å². The second-order valence-corrected chi connectivity index (χ2v) is 14.3. The smallest absolute Gasteiger partial charge is 0.320 e. The van der Waals surface area contributed by atoms with E-state index in [1.807, 2.05) is 29.2 Å². The van der Waals surface area contributed by atoms with Crippen molar-refractivity contribution in [3.63, 3.8) is 0 Å². The number of carbonyl (C=O) groups excluding carboxylic acids is 2. The molecule has 49 heavy (non-hydrogen) atoms. The maximum Gasteiger partial charge on any atom is 0.320 e. The number of amides is 1. The van der Waals surface area contributed by atoms with Gasteiger partial charge in [-0.15, -0.1) is 0 Å². The van der Waals surface area contributed by atoms with Crippen LogP contribution in [0.4, 0.5) is 5.69 Å². The fraction of sp³-hybridized carbons (Fsp3) is 0.676. The van der Waals surface area contributed by atoms with Gasteiger partial charge in [-0.2, -0.15) is 0 Å². The minimum Gasteiger partial charge on any atom is -0.480 e. The normalized spacial score (nSPS) is 17.8. The van der Waals surface area contributed by atoms with Crippen molar-refractivity contribution in [1.82, 2.24) is 19.6 Å². The quantitative estimate of drug-likeness (QED) is 0.104. The second kappa shape index (κ2) is 21.9. The van der Waals surface area contributed by atoms with Crippen LogP contribution in [0.2, 0.25) is 0 Å². The Labute approximate surface area is 297 Å². The van der Waals surface area contributed by atoms with E-state index in [4.69, 9.17) is 4.74 Å². The summed E-state index contributed by atoms with van der Waals surface area (Å²) in [5, 5.41) is 32.7. The molecular weight excluding hydrogens is 702 g/mol. The Balaban J connectivity index is 2.37. The summed E-state index contributed by atoms with van der Waals surface area (Å²) in [4.78, 5) is 67.9. The summed E-state index contributed by atoms with van der Waals surface area (Å²) >= 11 is 3.42. The summed E-state index contributed by atoms with van der Waals surface area (Å²) in [6, 6.07) is 7.02. The molecule has 14 nitrogen and oxygen atoms in total. The number of nitrogens with zero attached hydrogens (tertiary/aromatic N) is 4. The van der Waals surface area contributed by atoms with E-state index in [2.05, 4.69) is 21.2 Å². The van der Waals surface area contributed by atoms with Crippen LogP contribution in [-0.2, 0) is 35.1 Å². The van der Waals surface area contributed by atoms with Gasteiger partial charge in [0.05, 0.1) is 26.2 Å². The highest BCUT2D eigenvalue weighted by atomic mass is 79.9. The Bertz CT molecular complexity index is 1210. The summed E-state index contributed by atoms with van der Waals surface area (Å²) in [6.45, 7) is 6.24. The predicted octanol–water partition coefficient (Wildman–Crippen LogP) is 2.70. The number of esters is 1. The maximum atomic E-state index is 13.2. The minimum atomic E-state index is -1.04. The topological polar surface area (TPSA) is 180 Å². The van der Waals surface area contributed by atoms with E-state index in [0.29, 0.717) is 18.5 Å². The summed E-state index contributed by atoms with van der Waals surface area (Å²) in [5.74, 6) is -3.61. The molecule has 0 aromatic heterocycles. The number of hydrogen-bond donors (Lipinski definition) is 4. The Kier molecular flexibility index (Phi) is 18.8. The van der Waals surface area contributed by atoms with Crippen LogP contribution in [0.1, 0.15) is 58.4 Å². The molecule has 1 atom stereocenters. The van der Waals surface area contributed by atoms with Crippen LogP contribution in [0.15, 0.2) is 24.3 Å². The molecule has 1 aromatic carbocycles. The first-order valence-corrected chi connectivity index (χ1v) is 18.0. The number of carbonyl (C=O) groups is 5. The van der Waals surface area contributed by atoms with E-state index in [0.717, 1.165) is 36.6 Å². The van der Waals surface area contributed by atoms with Crippen molar-refractivity contribution >= 4 is 51.4 Å². The Morgan fingerprint density at radius 3 is 1.80 bits per heavy atom. The summed E-state index contributed by atoms with van der Waals surface area (Å²) in [6.07, 6.45) is 4.81. The third-order valence-electron chi connectivity index (χ3n) is 7.98. The number of ether oxygens (including phenoxy) is 1. The number of benzene rings is 1. The lowest BCUT2D eigenvalue weighted by Gasteiger charge is -2.38. The number of hydrogen-bond acceptors (Lipinski definition) is 10. The highest BCUT2D eigenvalue weighted by molar-refractivity contribution is 9.09. The standard InChI is InChI=1S/C34H54BrN5O9/c1-34(2,3)49-33(48)25-40-19-18-38(23-31(44)45)15-14-37(22-30(42)43)16-17-39(24-32(46)47)21-28(40)20-26-9-11-27(12-10-26)36-29(41)8-6-4-5-7-13-35/h9-12,28H,4-8,13-25H2,1-3H3,(H,36,41)(H,42,43)(H,44,45)(H,46,47). The first kappa shape index (κ1) is 42.1. The van der Waals surface area contributed by atoms with E-state index in [1.165, 1.54) is 0 Å². The molecule has 1 aliphatic rings. The molecule has 1 aromatic rings. The van der Waals surface area contributed by atoms with Gasteiger partial charge in [-0.05, 0) is 57.7 Å². The average molecular weight is 757 g/mol. The van der Waals surface area contributed by atoms with Crippen LogP contribution in [0.5, 0.6) is 0 Å². The molecule has 1 fully saturated rings. The van der Waals surface area contributed by atoms with Crippen LogP contribution in [-0.4, -0.2) is 154 Å². The van der Waals surface area contributed by atoms with Gasteiger partial charge >= 0.3 is 23.9 Å². The fourth-order valence-corrected chi connectivity index (χ4v) is 6.07. The van der Waals surface area contributed by atoms with Crippen molar-refractivity contribution in [3.05, 3.63) is 29.8 Å². The van der Waals surface area contributed by atoms with Crippen LogP contribution in [0.25, 0.3) is 0 Å². The van der Waals surface area contributed by atoms with Gasteiger partial charge in [0.25, 0.3) is 0 Å². The van der Waals surface area contributed by atoms with Crippen molar-refractivity contribution in [2.45, 2.75) is 70.9 Å². The molecule has 1 aliphatic heterocycles. The monoisotopic (exact) mass is 755 g/mol. The molecule has 0 bridgehead atoms. The van der Waals surface area contributed by atoms with Gasteiger partial charge in [0.1, 0.15) is 5.60 Å². The van der Waals surface area contributed by atoms with E-state index in [-0.39, 0.29) is 77.9 Å².